The van der Waals surface area contributed by atoms with Gasteiger partial charge < -0.3 is 11.1 Å². The van der Waals surface area contributed by atoms with Crippen molar-refractivity contribution in [3.8, 4) is 0 Å². The van der Waals surface area contributed by atoms with E-state index >= 15 is 0 Å². The number of halogens is 1. The molecule has 0 amide bonds. The van der Waals surface area contributed by atoms with E-state index in [1.54, 1.807) is 40.2 Å². The fourth-order valence-corrected chi connectivity index (χ4v) is 12.8. The summed E-state index contributed by atoms with van der Waals surface area (Å²) in [4.78, 5) is 27.9. The molecule has 8 aromatic rings. The minimum atomic E-state index is 0.592. The Labute approximate surface area is 365 Å². The zero-order valence-corrected chi connectivity index (χ0v) is 36.7. The van der Waals surface area contributed by atoms with E-state index in [0.717, 1.165) is 54.6 Å². The summed E-state index contributed by atoms with van der Waals surface area (Å²) < 4.78 is 2.41. The van der Waals surface area contributed by atoms with Gasteiger partial charge in [0.25, 0.3) is 0 Å². The van der Waals surface area contributed by atoms with Crippen molar-refractivity contribution in [1.29, 1.82) is 0 Å². The molecule has 2 unspecified atom stereocenters. The Balaban J connectivity index is 0.000000120. The van der Waals surface area contributed by atoms with Crippen LogP contribution in [-0.4, -0.2) is 68.0 Å². The van der Waals surface area contributed by atoms with Crippen molar-refractivity contribution in [2.45, 2.75) is 63.5 Å². The quantitative estimate of drug-likeness (QED) is 0.169. The first-order valence-electron chi connectivity index (χ1n) is 20.5. The molecule has 0 radical (unpaired) electrons. The number of nitrogens with zero attached hydrogens (tertiary/aromatic N) is 6. The molecule has 2 aromatic carbocycles. The van der Waals surface area contributed by atoms with Crippen LogP contribution in [0.1, 0.15) is 61.1 Å². The third kappa shape index (κ3) is 8.29. The Morgan fingerprint density at radius 3 is 1.88 bits per heavy atom. The van der Waals surface area contributed by atoms with Gasteiger partial charge in [-0.25, -0.2) is 19.9 Å². The molecule has 2 atom stereocenters. The number of nitrogens with one attached hydrogen (secondary N) is 1. The molecule has 6 aromatic heterocycles. The number of thiophene rings is 2. The molecule has 0 aliphatic carbocycles. The number of piperidine rings is 2. The van der Waals surface area contributed by atoms with Crippen LogP contribution < -0.4 is 11.1 Å². The number of anilines is 3. The first kappa shape index (κ1) is 38.9. The van der Waals surface area contributed by atoms with E-state index in [9.17, 15) is 0 Å². The highest BCUT2D eigenvalue weighted by Gasteiger charge is 2.31. The average Bonchev–Trinajstić information content (AvgIpc) is 4.11. The standard InChI is InChI=1S/C23H22N4S2.C16H17ClN2S.C7H6N2S/c1-2-10-27-11-3-4-16(20(27)5-1)22-13-17-18(8-9-24-23(17)29-22)26-15-6-7-21-19(12-15)25-14-28-21;17-13-6-7-18-16-12(13)10-15(20-16)11-4-3-9-19-8-2-1-5-14(11)19;8-5-1-2-7-6(3-5)9-4-10-7/h4,6-9,12-14,20H,1-3,5,10-11H2,(H,24,26);4,6-7,10,14H,1-3,5,8-9H2;1-4H,8H2. The van der Waals surface area contributed by atoms with Gasteiger partial charge >= 0.3 is 0 Å². The van der Waals surface area contributed by atoms with Crippen molar-refractivity contribution in [1.82, 2.24) is 29.7 Å². The largest absolute Gasteiger partial charge is 0.399 e. The Morgan fingerprint density at radius 2 is 1.22 bits per heavy atom. The molecular weight excluding hydrogens is 828 g/mol. The predicted molar refractivity (Wildman–Crippen MR) is 255 cm³/mol. The van der Waals surface area contributed by atoms with Crippen molar-refractivity contribution in [2.75, 3.05) is 37.2 Å². The summed E-state index contributed by atoms with van der Waals surface area (Å²) in [6.07, 6.45) is 18.9. The number of rotatable bonds is 4. The van der Waals surface area contributed by atoms with Crippen LogP contribution >= 0.6 is 56.9 Å². The molecule has 300 valence electrons. The molecule has 0 saturated carbocycles. The summed E-state index contributed by atoms with van der Waals surface area (Å²) in [6, 6.07) is 21.9. The Kier molecular flexibility index (Phi) is 11.5. The lowest BCUT2D eigenvalue weighted by Gasteiger charge is -2.39. The van der Waals surface area contributed by atoms with Crippen molar-refractivity contribution in [2.24, 2.45) is 0 Å². The summed E-state index contributed by atoms with van der Waals surface area (Å²) >= 11 is 13.2. The predicted octanol–water partition coefficient (Wildman–Crippen LogP) is 12.8. The van der Waals surface area contributed by atoms with Gasteiger partial charge in [0.2, 0.25) is 0 Å². The van der Waals surface area contributed by atoms with Gasteiger partial charge in [0, 0.05) is 69.5 Å². The minimum absolute atomic E-state index is 0.592. The number of benzene rings is 2. The number of pyridine rings is 2. The number of nitrogens with two attached hydrogens (primary N) is 1. The molecule has 0 bridgehead atoms. The van der Waals surface area contributed by atoms with Gasteiger partial charge in [-0.2, -0.15) is 0 Å². The highest BCUT2D eigenvalue weighted by molar-refractivity contribution is 7.20. The third-order valence-corrected chi connectivity index (χ3v) is 16.0. The maximum Gasteiger partial charge on any atom is 0.125 e. The second-order valence-electron chi connectivity index (χ2n) is 15.5. The minimum Gasteiger partial charge on any atom is -0.399 e. The molecule has 0 spiro atoms. The highest BCUT2D eigenvalue weighted by atomic mass is 35.5. The topological polar surface area (TPSA) is 96.1 Å². The maximum atomic E-state index is 6.28. The summed E-state index contributed by atoms with van der Waals surface area (Å²) in [5.41, 5.74) is 17.3. The SMILES string of the molecule is C1=C(c2cc3c(Nc4ccc5scnc5c4)ccnc3s2)C2CCCCN2CC1.Clc1ccnc2sc(C3=CCCN4CCCCC34)cc12.Nc1ccc2scnc2c1. The highest BCUT2D eigenvalue weighted by Crippen LogP contribution is 2.42. The molecule has 13 heteroatoms. The van der Waals surface area contributed by atoms with E-state index < -0.39 is 0 Å². The number of hydrogen-bond donors (Lipinski definition) is 2. The number of thiazole rings is 2. The van der Waals surface area contributed by atoms with Crippen molar-refractivity contribution in [3.63, 3.8) is 0 Å². The monoisotopic (exact) mass is 872 g/mol. The van der Waals surface area contributed by atoms with Crippen molar-refractivity contribution >= 4 is 126 Å². The number of fused-ring (bicyclic) bond motifs is 6. The Bertz CT molecular complexity index is 2820. The van der Waals surface area contributed by atoms with Crippen LogP contribution in [0.5, 0.6) is 0 Å². The average molecular weight is 874 g/mol. The van der Waals surface area contributed by atoms with E-state index in [1.807, 2.05) is 52.8 Å². The molecule has 59 heavy (non-hydrogen) atoms. The molecule has 2 saturated heterocycles. The summed E-state index contributed by atoms with van der Waals surface area (Å²) in [6.45, 7) is 4.93. The Morgan fingerprint density at radius 1 is 0.627 bits per heavy atom. The van der Waals surface area contributed by atoms with E-state index in [0.29, 0.717) is 12.1 Å². The lowest BCUT2D eigenvalue weighted by Crippen LogP contribution is -2.42. The van der Waals surface area contributed by atoms with Gasteiger partial charge in [0.1, 0.15) is 9.66 Å². The van der Waals surface area contributed by atoms with Crippen LogP contribution in [0.25, 0.3) is 52.0 Å². The van der Waals surface area contributed by atoms with Crippen molar-refractivity contribution in [3.05, 3.63) is 111 Å². The summed E-state index contributed by atoms with van der Waals surface area (Å²) in [5, 5.41) is 6.73. The fraction of sp³-hybridized carbons (Fsp3) is 0.304. The van der Waals surface area contributed by atoms with Gasteiger partial charge in [-0.05, 0) is 123 Å². The van der Waals surface area contributed by atoms with Crippen LogP contribution in [0.4, 0.5) is 17.1 Å². The van der Waals surface area contributed by atoms with Crippen LogP contribution in [-0.2, 0) is 0 Å². The van der Waals surface area contributed by atoms with Crippen molar-refractivity contribution < 1.29 is 0 Å². The Hall–Kier alpha value is -4.27. The smallest absolute Gasteiger partial charge is 0.125 e. The molecule has 8 nitrogen and oxygen atoms in total. The fourth-order valence-electron chi connectivity index (χ4n) is 9.00. The number of nitrogen functional groups attached to an aromatic ring is 1. The molecule has 10 heterocycles. The van der Waals surface area contributed by atoms with Crippen LogP contribution in [0.2, 0.25) is 5.02 Å². The molecule has 4 aliphatic rings. The first-order valence-corrected chi connectivity index (χ1v) is 24.3. The molecule has 12 rings (SSSR count). The van der Waals surface area contributed by atoms with E-state index in [1.165, 1.54) is 107 Å². The van der Waals surface area contributed by atoms with E-state index in [4.69, 9.17) is 17.3 Å². The van der Waals surface area contributed by atoms with Crippen LogP contribution in [0.15, 0.2) is 96.2 Å². The third-order valence-electron chi connectivity index (χ3n) is 11.9. The van der Waals surface area contributed by atoms with E-state index in [2.05, 4.69) is 83.6 Å². The van der Waals surface area contributed by atoms with Crippen LogP contribution in [0, 0.1) is 0 Å². The van der Waals surface area contributed by atoms with Gasteiger partial charge in [-0.3, -0.25) is 9.80 Å². The zero-order chi connectivity index (χ0) is 39.7. The summed E-state index contributed by atoms with van der Waals surface area (Å²) in [7, 11) is 0. The van der Waals surface area contributed by atoms with Gasteiger partial charge in [0.05, 0.1) is 42.2 Å². The van der Waals surface area contributed by atoms with E-state index in [-0.39, 0.29) is 0 Å². The summed E-state index contributed by atoms with van der Waals surface area (Å²) in [5.74, 6) is 0. The molecule has 2 fully saturated rings. The molecule has 3 N–H and O–H groups in total. The lowest BCUT2D eigenvalue weighted by atomic mass is 9.90. The molecular formula is C46H45ClN8S4. The lowest BCUT2D eigenvalue weighted by molar-refractivity contribution is 0.182. The zero-order valence-electron chi connectivity index (χ0n) is 32.6. The first-order chi connectivity index (χ1) is 29.0. The second kappa shape index (κ2) is 17.4. The number of aromatic nitrogens is 4. The molecule has 4 aliphatic heterocycles. The van der Waals surface area contributed by atoms with Gasteiger partial charge in [0.15, 0.2) is 0 Å². The van der Waals surface area contributed by atoms with Gasteiger partial charge in [-0.1, -0.05) is 36.6 Å². The van der Waals surface area contributed by atoms with Crippen LogP contribution in [0.3, 0.4) is 0 Å². The maximum absolute atomic E-state index is 6.28. The normalized spacial score (nSPS) is 19.6. The second-order valence-corrected chi connectivity index (χ2v) is 19.8. The number of hydrogen-bond acceptors (Lipinski definition) is 12. The van der Waals surface area contributed by atoms with Gasteiger partial charge in [-0.15, -0.1) is 45.3 Å².